The van der Waals surface area contributed by atoms with Crippen LogP contribution < -0.4 is 4.90 Å². The molecule has 3 aromatic rings. The van der Waals surface area contributed by atoms with Crippen LogP contribution in [0.25, 0.3) is 0 Å². The first-order valence-corrected chi connectivity index (χ1v) is 12.1. The molecule has 6 nitrogen and oxygen atoms in total. The average molecular weight is 499 g/mol. The highest BCUT2D eigenvalue weighted by Gasteiger charge is 2.51. The monoisotopic (exact) mass is 498 g/mol. The summed E-state index contributed by atoms with van der Waals surface area (Å²) in [5.41, 5.74) is -2.71. The van der Waals surface area contributed by atoms with Crippen molar-refractivity contribution >= 4 is 27.3 Å². The van der Waals surface area contributed by atoms with Crippen LogP contribution in [-0.4, -0.2) is 40.8 Å². The number of benzene rings is 2. The van der Waals surface area contributed by atoms with Crippen LogP contribution in [0.5, 0.6) is 0 Å². The highest BCUT2D eigenvalue weighted by molar-refractivity contribution is 7.89. The lowest BCUT2D eigenvalue weighted by atomic mass is 10.0. The Kier molecular flexibility index (Phi) is 6.69. The number of rotatable bonds is 6. The van der Waals surface area contributed by atoms with E-state index in [9.17, 15) is 21.6 Å². The maximum atomic E-state index is 13.5. The third-order valence-corrected chi connectivity index (χ3v) is 7.54. The Hall–Kier alpha value is -2.56. The van der Waals surface area contributed by atoms with Gasteiger partial charge in [0.1, 0.15) is 0 Å². The van der Waals surface area contributed by atoms with Crippen molar-refractivity contribution in [3.05, 3.63) is 82.9 Å². The summed E-state index contributed by atoms with van der Waals surface area (Å²) in [7, 11) is -5.54. The Bertz CT molecular complexity index is 1190. The zero-order valence-corrected chi connectivity index (χ0v) is 19.0. The zero-order chi connectivity index (χ0) is 23.6. The number of aryl methyl sites for hydroxylation is 1. The van der Waals surface area contributed by atoms with Gasteiger partial charge in [-0.2, -0.15) is 17.5 Å². The largest absolute Gasteiger partial charge is 0.511 e. The molecule has 0 radical (unpaired) electrons. The van der Waals surface area contributed by atoms with E-state index in [2.05, 4.69) is 9.97 Å². The van der Waals surface area contributed by atoms with Gasteiger partial charge in [0, 0.05) is 25.3 Å². The van der Waals surface area contributed by atoms with Crippen LogP contribution in [0.1, 0.15) is 23.2 Å². The van der Waals surface area contributed by atoms with Gasteiger partial charge in [-0.15, -0.1) is 0 Å². The maximum absolute atomic E-state index is 13.5. The highest BCUT2D eigenvalue weighted by Crippen LogP contribution is 2.39. The molecule has 2 heterocycles. The number of aromatic nitrogens is 2. The maximum Gasteiger partial charge on any atom is 0.511 e. The normalized spacial score (nSPS) is 17.6. The third kappa shape index (κ3) is 5.02. The molecule has 0 amide bonds. The van der Waals surface area contributed by atoms with Crippen LogP contribution >= 0.6 is 11.6 Å². The van der Waals surface area contributed by atoms with Crippen molar-refractivity contribution in [2.24, 2.45) is 0 Å². The number of para-hydroxylation sites is 1. The van der Waals surface area contributed by atoms with Crippen LogP contribution in [0, 0.1) is 0 Å². The van der Waals surface area contributed by atoms with Gasteiger partial charge < -0.3 is 9.88 Å². The number of nitrogens with one attached hydrogen (secondary N) is 1. The van der Waals surface area contributed by atoms with E-state index < -0.39 is 28.1 Å². The molecule has 0 fully saturated rings. The first-order chi connectivity index (χ1) is 15.7. The quantitative estimate of drug-likeness (QED) is 0.533. The second-order valence-corrected chi connectivity index (χ2v) is 10.2. The van der Waals surface area contributed by atoms with Crippen LogP contribution in [0.15, 0.2) is 61.1 Å². The summed E-state index contributed by atoms with van der Waals surface area (Å²) in [6, 6.07) is 13.8. The molecule has 0 saturated heterocycles. The molecule has 176 valence electrons. The van der Waals surface area contributed by atoms with Gasteiger partial charge in [-0.05, 0) is 30.0 Å². The van der Waals surface area contributed by atoms with Gasteiger partial charge in [-0.25, -0.2) is 13.4 Å². The van der Waals surface area contributed by atoms with Crippen molar-refractivity contribution in [1.29, 1.82) is 0 Å². The number of alkyl halides is 3. The fourth-order valence-corrected chi connectivity index (χ4v) is 5.37. The summed E-state index contributed by atoms with van der Waals surface area (Å²) in [6.07, 6.45) is 4.12. The zero-order valence-electron chi connectivity index (χ0n) is 17.5. The molecule has 1 aliphatic rings. The van der Waals surface area contributed by atoms with E-state index in [0.29, 0.717) is 33.4 Å². The molecular weight excluding hydrogens is 477 g/mol. The Morgan fingerprint density at radius 1 is 1.12 bits per heavy atom. The van der Waals surface area contributed by atoms with E-state index >= 15 is 0 Å². The molecule has 2 aromatic carbocycles. The lowest BCUT2D eigenvalue weighted by Crippen LogP contribution is -2.47. The number of nitrogens with zero attached hydrogens (tertiary/aromatic N) is 3. The molecule has 0 unspecified atom stereocenters. The summed E-state index contributed by atoms with van der Waals surface area (Å²) >= 11 is 6.53. The van der Waals surface area contributed by atoms with Gasteiger partial charge in [0.05, 0.1) is 29.3 Å². The Morgan fingerprint density at radius 2 is 1.88 bits per heavy atom. The van der Waals surface area contributed by atoms with E-state index in [-0.39, 0.29) is 13.1 Å². The number of sulfonamides is 1. The summed E-state index contributed by atoms with van der Waals surface area (Å²) in [5.74, 6) is 0. The van der Waals surface area contributed by atoms with Crippen LogP contribution in [0.2, 0.25) is 5.02 Å². The van der Waals surface area contributed by atoms with E-state index in [4.69, 9.17) is 11.6 Å². The van der Waals surface area contributed by atoms with Crippen LogP contribution in [0.3, 0.4) is 0 Å². The van der Waals surface area contributed by atoms with Crippen molar-refractivity contribution < 1.29 is 21.6 Å². The number of aromatic amines is 1. The van der Waals surface area contributed by atoms with Gasteiger partial charge in [-0.3, -0.25) is 0 Å². The summed E-state index contributed by atoms with van der Waals surface area (Å²) < 4.78 is 65.9. The molecule has 0 aliphatic carbocycles. The number of hydrogen-bond acceptors (Lipinski definition) is 4. The van der Waals surface area contributed by atoms with Crippen molar-refractivity contribution in [3.8, 4) is 0 Å². The van der Waals surface area contributed by atoms with Crippen molar-refractivity contribution in [1.82, 2.24) is 14.3 Å². The average Bonchev–Trinajstić information content (AvgIpc) is 3.22. The lowest BCUT2D eigenvalue weighted by molar-refractivity contribution is -0.0492. The number of halogens is 4. The van der Waals surface area contributed by atoms with E-state index in [0.717, 1.165) is 11.3 Å². The van der Waals surface area contributed by atoms with Crippen LogP contribution in [-0.2, 0) is 29.5 Å². The molecule has 4 rings (SSSR count). The molecule has 1 aromatic heterocycles. The van der Waals surface area contributed by atoms with Crippen LogP contribution in [0.4, 0.5) is 18.9 Å². The molecule has 0 bridgehead atoms. The van der Waals surface area contributed by atoms with Gasteiger partial charge in [0.2, 0.25) is 0 Å². The first-order valence-electron chi connectivity index (χ1n) is 10.3. The second-order valence-electron chi connectivity index (χ2n) is 7.87. The van der Waals surface area contributed by atoms with Gasteiger partial charge in [-0.1, -0.05) is 54.1 Å². The molecule has 1 N–H and O–H groups in total. The minimum Gasteiger partial charge on any atom is -0.360 e. The number of H-pyrrole nitrogens is 1. The second kappa shape index (κ2) is 9.36. The number of hydrogen-bond donors (Lipinski definition) is 1. The number of fused-ring (bicyclic) bond motifs is 1. The topological polar surface area (TPSA) is 69.3 Å². The van der Waals surface area contributed by atoms with E-state index in [1.807, 2.05) is 35.2 Å². The molecule has 0 spiro atoms. The molecule has 1 aliphatic heterocycles. The Morgan fingerprint density at radius 3 is 2.55 bits per heavy atom. The van der Waals surface area contributed by atoms with E-state index in [1.165, 1.54) is 6.33 Å². The number of anilines is 1. The first kappa shape index (κ1) is 23.6. The van der Waals surface area contributed by atoms with Crippen molar-refractivity contribution in [2.45, 2.75) is 37.5 Å². The molecule has 11 heteroatoms. The fourth-order valence-electron chi connectivity index (χ4n) is 4.10. The standard InChI is InChI=1S/C22H22ClF3N4O2S/c23-20-8-4-7-17-12-29(33(31,32)22(24,25)26)14-19(10-9-16-5-2-1-3-6-16)30(21(17)20)13-18-11-27-15-28-18/h1-8,11,15,19H,9-10,12-14H2,(H,27,28)/t19-/m1/s1. The van der Waals surface area contributed by atoms with Gasteiger partial charge in [0.15, 0.2) is 0 Å². The molecule has 33 heavy (non-hydrogen) atoms. The third-order valence-electron chi connectivity index (χ3n) is 5.70. The summed E-state index contributed by atoms with van der Waals surface area (Å²) in [5, 5.41) is 0.350. The predicted molar refractivity (Wildman–Crippen MR) is 120 cm³/mol. The predicted octanol–water partition coefficient (Wildman–Crippen LogP) is 4.74. The summed E-state index contributed by atoms with van der Waals surface area (Å²) in [6.45, 7) is -0.455. The highest BCUT2D eigenvalue weighted by atomic mass is 35.5. The SMILES string of the molecule is O=S(=O)(N1Cc2cccc(Cl)c2N(Cc2cnc[nH]2)[C@H](CCc2ccccc2)C1)C(F)(F)F. The Labute approximate surface area is 195 Å². The van der Waals surface area contributed by atoms with Crippen molar-refractivity contribution in [3.63, 3.8) is 0 Å². The molecule has 0 saturated carbocycles. The van der Waals surface area contributed by atoms with Gasteiger partial charge >= 0.3 is 15.5 Å². The Balaban J connectivity index is 1.78. The fraction of sp³-hybridized carbons (Fsp3) is 0.318. The van der Waals surface area contributed by atoms with Crippen molar-refractivity contribution in [2.75, 3.05) is 11.4 Å². The minimum atomic E-state index is -5.54. The van der Waals surface area contributed by atoms with E-state index in [1.54, 1.807) is 24.4 Å². The minimum absolute atomic E-state index is 0.288. The van der Waals surface area contributed by atoms with Gasteiger partial charge in [0.25, 0.3) is 0 Å². The molecule has 1 atom stereocenters. The lowest BCUT2D eigenvalue weighted by Gasteiger charge is -2.34. The molecular formula is C22H22ClF3N4O2S. The number of imidazole rings is 1. The smallest absolute Gasteiger partial charge is 0.360 e. The summed E-state index contributed by atoms with van der Waals surface area (Å²) in [4.78, 5) is 8.92.